The highest BCUT2D eigenvalue weighted by atomic mass is 79.9. The van der Waals surface area contributed by atoms with E-state index in [0.29, 0.717) is 11.8 Å². The van der Waals surface area contributed by atoms with E-state index < -0.39 is 0 Å². The van der Waals surface area contributed by atoms with Crippen LogP contribution in [0.25, 0.3) is 11.5 Å². The van der Waals surface area contributed by atoms with E-state index in [1.807, 2.05) is 25.1 Å². The van der Waals surface area contributed by atoms with Crippen LogP contribution in [-0.4, -0.2) is 10.2 Å². The van der Waals surface area contributed by atoms with E-state index in [9.17, 15) is 0 Å². The topological polar surface area (TPSA) is 38.9 Å². The summed E-state index contributed by atoms with van der Waals surface area (Å²) in [5, 5.41) is 7.61. The number of aromatic nitrogens is 2. The molecular weight excluding hydrogens is 291 g/mol. The van der Waals surface area contributed by atoms with Crippen molar-refractivity contribution in [1.82, 2.24) is 10.2 Å². The van der Waals surface area contributed by atoms with Gasteiger partial charge in [0.2, 0.25) is 11.8 Å². The van der Waals surface area contributed by atoms with Crippen molar-refractivity contribution in [2.24, 2.45) is 0 Å². The number of aryl methyl sites for hydroxylation is 1. The Hall–Kier alpha value is -0.870. The molecule has 0 saturated carbocycles. The second-order valence-electron chi connectivity index (χ2n) is 3.52. The number of hydrogen-bond donors (Lipinski definition) is 0. The normalized spacial score (nSPS) is 12.8. The van der Waals surface area contributed by atoms with Crippen LogP contribution in [0.2, 0.25) is 0 Å². The number of halogens is 2. The molecule has 0 bridgehead atoms. The fraction of sp³-hybridized carbons (Fsp3) is 0.273. The Balaban J connectivity index is 2.42. The number of nitrogens with zero attached hydrogens (tertiary/aromatic N) is 2. The molecule has 1 atom stereocenters. The van der Waals surface area contributed by atoms with Gasteiger partial charge in [-0.2, -0.15) is 0 Å². The van der Waals surface area contributed by atoms with Crippen LogP contribution in [-0.2, 0) is 0 Å². The van der Waals surface area contributed by atoms with Gasteiger partial charge < -0.3 is 4.42 Å². The minimum Gasteiger partial charge on any atom is -0.419 e. The van der Waals surface area contributed by atoms with Crippen LogP contribution in [0.4, 0.5) is 0 Å². The van der Waals surface area contributed by atoms with Crippen molar-refractivity contribution in [2.75, 3.05) is 0 Å². The van der Waals surface area contributed by atoms with E-state index >= 15 is 0 Å². The van der Waals surface area contributed by atoms with Crippen molar-refractivity contribution < 1.29 is 4.42 Å². The zero-order chi connectivity index (χ0) is 11.7. The molecule has 1 aromatic heterocycles. The average Bonchev–Trinajstić information content (AvgIpc) is 2.66. The van der Waals surface area contributed by atoms with Gasteiger partial charge in [0.05, 0.1) is 0 Å². The lowest BCUT2D eigenvalue weighted by Gasteiger charge is -2.01. The van der Waals surface area contributed by atoms with Crippen molar-refractivity contribution in [3.8, 4) is 11.5 Å². The maximum atomic E-state index is 5.87. The highest BCUT2D eigenvalue weighted by Crippen LogP contribution is 2.27. The summed E-state index contributed by atoms with van der Waals surface area (Å²) in [5.74, 6) is 0.950. The Labute approximate surface area is 107 Å². The molecule has 0 saturated heterocycles. The summed E-state index contributed by atoms with van der Waals surface area (Å²) in [5.41, 5.74) is 2.01. The van der Waals surface area contributed by atoms with Crippen molar-refractivity contribution in [3.05, 3.63) is 34.1 Å². The SMILES string of the molecule is Cc1cc(Br)ccc1-c1nnc(C(C)Cl)o1. The standard InChI is InChI=1S/C11H10BrClN2O/c1-6-5-8(12)3-4-9(6)11-15-14-10(16-11)7(2)13/h3-5,7H,1-2H3. The van der Waals surface area contributed by atoms with E-state index in [1.165, 1.54) is 0 Å². The highest BCUT2D eigenvalue weighted by Gasteiger charge is 2.13. The molecule has 0 radical (unpaired) electrons. The highest BCUT2D eigenvalue weighted by molar-refractivity contribution is 9.10. The first-order valence-corrected chi connectivity index (χ1v) is 6.05. The number of benzene rings is 1. The molecule has 1 heterocycles. The Morgan fingerprint density at radius 2 is 2.12 bits per heavy atom. The van der Waals surface area contributed by atoms with Crippen molar-refractivity contribution >= 4 is 27.5 Å². The summed E-state index contributed by atoms with van der Waals surface area (Å²) in [6, 6.07) is 5.88. The second-order valence-corrected chi connectivity index (χ2v) is 5.09. The van der Waals surface area contributed by atoms with Crippen LogP contribution in [0, 0.1) is 6.92 Å². The third-order valence-corrected chi connectivity index (χ3v) is 2.88. The van der Waals surface area contributed by atoms with Gasteiger partial charge >= 0.3 is 0 Å². The summed E-state index contributed by atoms with van der Waals surface area (Å²) >= 11 is 9.27. The quantitative estimate of drug-likeness (QED) is 0.784. The maximum Gasteiger partial charge on any atom is 0.248 e. The van der Waals surface area contributed by atoms with Crippen LogP contribution in [0.5, 0.6) is 0 Å². The molecule has 1 unspecified atom stereocenters. The van der Waals surface area contributed by atoms with Crippen molar-refractivity contribution in [2.45, 2.75) is 19.2 Å². The molecule has 84 valence electrons. The molecule has 3 nitrogen and oxygen atoms in total. The molecule has 2 rings (SSSR count). The molecule has 0 aliphatic heterocycles. The minimum absolute atomic E-state index is 0.267. The predicted molar refractivity (Wildman–Crippen MR) is 66.4 cm³/mol. The molecule has 0 aliphatic carbocycles. The summed E-state index contributed by atoms with van der Waals surface area (Å²) in [4.78, 5) is 0. The minimum atomic E-state index is -0.267. The summed E-state index contributed by atoms with van der Waals surface area (Å²) in [6.07, 6.45) is 0. The lowest BCUT2D eigenvalue weighted by atomic mass is 10.1. The lowest BCUT2D eigenvalue weighted by molar-refractivity contribution is 0.507. The van der Waals surface area contributed by atoms with E-state index in [0.717, 1.165) is 15.6 Å². The van der Waals surface area contributed by atoms with Gasteiger partial charge in [0.15, 0.2) is 0 Å². The largest absolute Gasteiger partial charge is 0.419 e. The summed E-state index contributed by atoms with van der Waals surface area (Å²) < 4.78 is 6.51. The van der Waals surface area contributed by atoms with E-state index in [2.05, 4.69) is 26.1 Å². The van der Waals surface area contributed by atoms with Crippen LogP contribution in [0.3, 0.4) is 0 Å². The van der Waals surface area contributed by atoms with E-state index in [-0.39, 0.29) is 5.38 Å². The first-order valence-electron chi connectivity index (χ1n) is 4.82. The molecule has 1 aromatic carbocycles. The van der Waals surface area contributed by atoms with Gasteiger partial charge in [-0.15, -0.1) is 21.8 Å². The monoisotopic (exact) mass is 300 g/mol. The summed E-state index contributed by atoms with van der Waals surface area (Å²) in [7, 11) is 0. The van der Waals surface area contributed by atoms with Crippen LogP contribution in [0.15, 0.2) is 27.1 Å². The molecule has 2 aromatic rings. The van der Waals surface area contributed by atoms with Gasteiger partial charge in [0.1, 0.15) is 5.38 Å². The van der Waals surface area contributed by atoms with Gasteiger partial charge in [-0.1, -0.05) is 15.9 Å². The fourth-order valence-corrected chi connectivity index (χ4v) is 1.93. The zero-order valence-corrected chi connectivity index (χ0v) is 11.2. The molecule has 16 heavy (non-hydrogen) atoms. The van der Waals surface area contributed by atoms with Crippen LogP contribution >= 0.6 is 27.5 Å². The van der Waals surface area contributed by atoms with Crippen LogP contribution in [0.1, 0.15) is 23.8 Å². The Morgan fingerprint density at radius 3 is 2.69 bits per heavy atom. The second kappa shape index (κ2) is 4.55. The molecule has 0 spiro atoms. The maximum absolute atomic E-state index is 5.87. The molecular formula is C11H10BrClN2O. The van der Waals surface area contributed by atoms with Gasteiger partial charge in [0.25, 0.3) is 0 Å². The number of hydrogen-bond acceptors (Lipinski definition) is 3. The van der Waals surface area contributed by atoms with Gasteiger partial charge in [0, 0.05) is 10.0 Å². The first kappa shape index (κ1) is 11.6. The third kappa shape index (κ3) is 2.28. The van der Waals surface area contributed by atoms with E-state index in [4.69, 9.17) is 16.0 Å². The smallest absolute Gasteiger partial charge is 0.248 e. The molecule has 0 amide bonds. The van der Waals surface area contributed by atoms with Crippen molar-refractivity contribution in [1.29, 1.82) is 0 Å². The van der Waals surface area contributed by atoms with E-state index in [1.54, 1.807) is 6.92 Å². The Bertz CT molecular complexity index is 510. The Kier molecular flexibility index (Phi) is 3.30. The molecule has 5 heteroatoms. The van der Waals surface area contributed by atoms with Crippen LogP contribution < -0.4 is 0 Å². The van der Waals surface area contributed by atoms with Gasteiger partial charge in [-0.05, 0) is 37.6 Å². The zero-order valence-electron chi connectivity index (χ0n) is 8.87. The fourth-order valence-electron chi connectivity index (χ4n) is 1.37. The van der Waals surface area contributed by atoms with Crippen molar-refractivity contribution in [3.63, 3.8) is 0 Å². The summed E-state index contributed by atoms with van der Waals surface area (Å²) in [6.45, 7) is 3.79. The predicted octanol–water partition coefficient (Wildman–Crippen LogP) is 4.11. The lowest BCUT2D eigenvalue weighted by Crippen LogP contribution is -1.83. The molecule has 0 fully saturated rings. The third-order valence-electron chi connectivity index (χ3n) is 2.20. The Morgan fingerprint density at radius 1 is 1.38 bits per heavy atom. The number of rotatable bonds is 2. The van der Waals surface area contributed by atoms with Gasteiger partial charge in [-0.3, -0.25) is 0 Å². The first-order chi connectivity index (χ1) is 7.58. The van der Waals surface area contributed by atoms with Gasteiger partial charge in [-0.25, -0.2) is 0 Å². The molecule has 0 N–H and O–H groups in total. The number of alkyl halides is 1. The average molecular weight is 302 g/mol. The molecule has 0 aliphatic rings.